The molecule has 2 aliphatic heterocycles. The van der Waals surface area contributed by atoms with Crippen molar-refractivity contribution in [3.05, 3.63) is 5.01 Å². The van der Waals surface area contributed by atoms with Gasteiger partial charge < -0.3 is 15.3 Å². The Morgan fingerprint density at radius 2 is 2.21 bits per heavy atom. The molecule has 1 atom stereocenters. The van der Waals surface area contributed by atoms with Crippen LogP contribution in [-0.4, -0.2) is 46.9 Å². The number of aliphatic carboxylic acids is 1. The molecule has 0 bridgehead atoms. The first kappa shape index (κ1) is 12.8. The maximum Gasteiger partial charge on any atom is 0.320 e. The molecule has 1 unspecified atom stereocenters. The molecule has 6 nitrogen and oxygen atoms in total. The average molecular weight is 282 g/mol. The van der Waals surface area contributed by atoms with Crippen molar-refractivity contribution in [3.8, 4) is 0 Å². The van der Waals surface area contributed by atoms with E-state index in [-0.39, 0.29) is 11.5 Å². The van der Waals surface area contributed by atoms with Gasteiger partial charge in [-0.3, -0.25) is 4.79 Å². The highest BCUT2D eigenvalue weighted by molar-refractivity contribution is 7.15. The van der Waals surface area contributed by atoms with Gasteiger partial charge in [-0.25, -0.2) is 0 Å². The monoisotopic (exact) mass is 282 g/mol. The summed E-state index contributed by atoms with van der Waals surface area (Å²) >= 11 is 1.62. The number of hydrogen-bond donors (Lipinski definition) is 2. The Morgan fingerprint density at radius 1 is 1.47 bits per heavy atom. The number of aryl methyl sites for hydroxylation is 1. The number of rotatable bonds is 2. The summed E-state index contributed by atoms with van der Waals surface area (Å²) in [4.78, 5) is 13.3. The zero-order valence-corrected chi connectivity index (χ0v) is 11.7. The molecule has 2 aliphatic rings. The van der Waals surface area contributed by atoms with E-state index in [1.54, 1.807) is 11.3 Å². The summed E-state index contributed by atoms with van der Waals surface area (Å²) in [5.74, 6) is -0.723. The van der Waals surface area contributed by atoms with Crippen LogP contribution in [0, 0.1) is 12.3 Å². The molecule has 3 heterocycles. The van der Waals surface area contributed by atoms with Crippen molar-refractivity contribution in [2.45, 2.75) is 32.2 Å². The highest BCUT2D eigenvalue weighted by Gasteiger charge is 2.43. The molecule has 2 saturated heterocycles. The van der Waals surface area contributed by atoms with Gasteiger partial charge in [0.1, 0.15) is 11.0 Å². The molecule has 1 aromatic rings. The molecular weight excluding hydrogens is 264 g/mol. The van der Waals surface area contributed by atoms with Crippen LogP contribution in [0.25, 0.3) is 0 Å². The molecule has 0 aromatic carbocycles. The molecule has 0 radical (unpaired) electrons. The molecule has 1 spiro atoms. The quantitative estimate of drug-likeness (QED) is 0.838. The SMILES string of the molecule is Cc1nnc(N2CCC3(CC2)CNC(C(=O)O)C3)s1. The number of nitrogens with zero attached hydrogens (tertiary/aromatic N) is 3. The number of carbonyl (C=O) groups is 1. The zero-order valence-electron chi connectivity index (χ0n) is 10.9. The van der Waals surface area contributed by atoms with Crippen LogP contribution < -0.4 is 10.2 Å². The lowest BCUT2D eigenvalue weighted by Crippen LogP contribution is -2.41. The summed E-state index contributed by atoms with van der Waals surface area (Å²) in [5, 5.41) is 22.4. The van der Waals surface area contributed by atoms with Crippen LogP contribution in [0.1, 0.15) is 24.3 Å². The Balaban J connectivity index is 1.62. The summed E-state index contributed by atoms with van der Waals surface area (Å²) in [6, 6.07) is -0.365. The van der Waals surface area contributed by atoms with Crippen LogP contribution in [-0.2, 0) is 4.79 Å². The summed E-state index contributed by atoms with van der Waals surface area (Å²) in [6.45, 7) is 4.68. The third-order valence-corrected chi connectivity index (χ3v) is 5.17. The molecule has 2 N–H and O–H groups in total. The molecule has 0 amide bonds. The predicted molar refractivity (Wildman–Crippen MR) is 72.6 cm³/mol. The second kappa shape index (κ2) is 4.72. The van der Waals surface area contributed by atoms with Gasteiger partial charge in [-0.1, -0.05) is 11.3 Å². The second-order valence-corrected chi connectivity index (χ2v) is 6.73. The van der Waals surface area contributed by atoms with E-state index >= 15 is 0 Å². The van der Waals surface area contributed by atoms with Crippen LogP contribution in [0.3, 0.4) is 0 Å². The molecule has 0 aliphatic carbocycles. The lowest BCUT2D eigenvalue weighted by atomic mass is 9.77. The van der Waals surface area contributed by atoms with Crippen LogP contribution in [0.5, 0.6) is 0 Å². The Kier molecular flexibility index (Phi) is 3.18. The number of aromatic nitrogens is 2. The van der Waals surface area contributed by atoms with E-state index in [2.05, 4.69) is 20.4 Å². The number of carboxylic acid groups (broad SMARTS) is 1. The van der Waals surface area contributed by atoms with Crippen molar-refractivity contribution in [1.29, 1.82) is 0 Å². The summed E-state index contributed by atoms with van der Waals surface area (Å²) < 4.78 is 0. The zero-order chi connectivity index (χ0) is 13.5. The topological polar surface area (TPSA) is 78.4 Å². The minimum atomic E-state index is -0.723. The fourth-order valence-corrected chi connectivity index (χ4v) is 3.80. The first-order valence-corrected chi connectivity index (χ1v) is 7.41. The third kappa shape index (κ3) is 2.44. The third-order valence-electron chi connectivity index (χ3n) is 4.27. The standard InChI is InChI=1S/C12H18N4O2S/c1-8-14-15-11(19-8)16-4-2-12(3-5-16)6-9(10(17)18)13-7-12/h9,13H,2-7H2,1H3,(H,17,18). The van der Waals surface area contributed by atoms with Gasteiger partial charge in [0.2, 0.25) is 5.13 Å². The van der Waals surface area contributed by atoms with Gasteiger partial charge in [0, 0.05) is 19.6 Å². The highest BCUT2D eigenvalue weighted by atomic mass is 32.1. The maximum absolute atomic E-state index is 11.0. The van der Waals surface area contributed by atoms with E-state index in [1.807, 2.05) is 6.92 Å². The maximum atomic E-state index is 11.0. The fraction of sp³-hybridized carbons (Fsp3) is 0.750. The first-order chi connectivity index (χ1) is 9.08. The van der Waals surface area contributed by atoms with Crippen molar-refractivity contribution < 1.29 is 9.90 Å². The minimum Gasteiger partial charge on any atom is -0.480 e. The van der Waals surface area contributed by atoms with Gasteiger partial charge in [0.05, 0.1) is 0 Å². The van der Waals surface area contributed by atoms with E-state index in [1.165, 1.54) is 0 Å². The van der Waals surface area contributed by atoms with Gasteiger partial charge in [0.25, 0.3) is 0 Å². The number of piperidine rings is 1. The van der Waals surface area contributed by atoms with Gasteiger partial charge >= 0.3 is 5.97 Å². The van der Waals surface area contributed by atoms with Crippen LogP contribution >= 0.6 is 11.3 Å². The Hall–Kier alpha value is -1.21. The van der Waals surface area contributed by atoms with E-state index in [4.69, 9.17) is 5.11 Å². The van der Waals surface area contributed by atoms with Crippen molar-refractivity contribution in [2.75, 3.05) is 24.5 Å². The molecule has 3 rings (SSSR count). The number of hydrogen-bond acceptors (Lipinski definition) is 6. The van der Waals surface area contributed by atoms with Crippen molar-refractivity contribution >= 4 is 22.4 Å². The Morgan fingerprint density at radius 3 is 2.74 bits per heavy atom. The average Bonchev–Trinajstić information content (AvgIpc) is 2.98. The molecule has 0 saturated carbocycles. The van der Waals surface area contributed by atoms with E-state index in [0.717, 1.165) is 49.0 Å². The van der Waals surface area contributed by atoms with Crippen LogP contribution in [0.2, 0.25) is 0 Å². The normalized spacial score (nSPS) is 25.9. The van der Waals surface area contributed by atoms with Gasteiger partial charge in [-0.05, 0) is 31.6 Å². The van der Waals surface area contributed by atoms with E-state index < -0.39 is 5.97 Å². The molecule has 19 heavy (non-hydrogen) atoms. The first-order valence-electron chi connectivity index (χ1n) is 6.59. The minimum absolute atomic E-state index is 0.166. The second-order valence-electron chi connectivity index (χ2n) is 5.57. The summed E-state index contributed by atoms with van der Waals surface area (Å²) in [6.07, 6.45) is 2.82. The number of carboxylic acids is 1. The Bertz CT molecular complexity index is 482. The largest absolute Gasteiger partial charge is 0.480 e. The van der Waals surface area contributed by atoms with Gasteiger partial charge in [-0.2, -0.15) is 0 Å². The lowest BCUT2D eigenvalue weighted by Gasteiger charge is -2.38. The molecule has 104 valence electrons. The Labute approximate surface area is 115 Å². The van der Waals surface area contributed by atoms with Gasteiger partial charge in [-0.15, -0.1) is 10.2 Å². The number of anilines is 1. The van der Waals surface area contributed by atoms with Crippen LogP contribution in [0.4, 0.5) is 5.13 Å². The van der Waals surface area contributed by atoms with E-state index in [9.17, 15) is 4.79 Å². The molecular formula is C12H18N4O2S. The highest BCUT2D eigenvalue weighted by Crippen LogP contribution is 2.40. The predicted octanol–water partition coefficient (Wildman–Crippen LogP) is 0.880. The molecule has 1 aromatic heterocycles. The summed E-state index contributed by atoms with van der Waals surface area (Å²) in [5.41, 5.74) is 0.166. The van der Waals surface area contributed by atoms with Gasteiger partial charge in [0.15, 0.2) is 0 Å². The fourth-order valence-electron chi connectivity index (χ4n) is 3.06. The van der Waals surface area contributed by atoms with Crippen molar-refractivity contribution in [3.63, 3.8) is 0 Å². The lowest BCUT2D eigenvalue weighted by molar-refractivity contribution is -0.139. The number of nitrogens with one attached hydrogen (secondary N) is 1. The van der Waals surface area contributed by atoms with Crippen molar-refractivity contribution in [1.82, 2.24) is 15.5 Å². The molecule has 2 fully saturated rings. The van der Waals surface area contributed by atoms with Crippen molar-refractivity contribution in [2.24, 2.45) is 5.41 Å². The van der Waals surface area contributed by atoms with Crippen LogP contribution in [0.15, 0.2) is 0 Å². The smallest absolute Gasteiger partial charge is 0.320 e. The van der Waals surface area contributed by atoms with E-state index in [0.29, 0.717) is 0 Å². The summed E-state index contributed by atoms with van der Waals surface area (Å²) in [7, 11) is 0. The molecule has 7 heteroatoms.